The molecule has 0 bridgehead atoms. The van der Waals surface area contributed by atoms with Crippen molar-refractivity contribution in [2.24, 2.45) is 0 Å². The summed E-state index contributed by atoms with van der Waals surface area (Å²) in [4.78, 5) is 27.3. The molecule has 1 atom stereocenters. The Hall–Kier alpha value is -2.89. The van der Waals surface area contributed by atoms with Crippen LogP contribution >= 0.6 is 0 Å². The molecule has 1 saturated heterocycles. The van der Waals surface area contributed by atoms with Crippen LogP contribution in [0.15, 0.2) is 49.1 Å². The van der Waals surface area contributed by atoms with Gasteiger partial charge in [-0.3, -0.25) is 4.79 Å². The highest BCUT2D eigenvalue weighted by molar-refractivity contribution is 6.00. The molecule has 3 heterocycles. The Balaban J connectivity index is 1.59. The molecule has 4 rings (SSSR count). The molecule has 140 valence electrons. The number of benzene rings is 1. The minimum Gasteiger partial charge on any atom is -0.345 e. The quantitative estimate of drug-likeness (QED) is 0.765. The van der Waals surface area contributed by atoms with Crippen molar-refractivity contribution in [1.82, 2.24) is 24.4 Å². The van der Waals surface area contributed by atoms with Crippen molar-refractivity contribution in [3.05, 3.63) is 60.4 Å². The number of carbonyl (C=O) groups is 1. The number of rotatable bonds is 4. The maximum atomic E-state index is 13.3. The van der Waals surface area contributed by atoms with Gasteiger partial charge in [0.15, 0.2) is 0 Å². The predicted molar refractivity (Wildman–Crippen MR) is 105 cm³/mol. The van der Waals surface area contributed by atoms with E-state index in [2.05, 4.69) is 33.4 Å². The second-order valence-corrected chi connectivity index (χ2v) is 7.36. The van der Waals surface area contributed by atoms with Crippen LogP contribution in [-0.2, 0) is 0 Å². The van der Waals surface area contributed by atoms with Crippen molar-refractivity contribution in [3.8, 4) is 11.4 Å². The molecule has 1 aliphatic heterocycles. The number of amides is 1. The normalized spacial score (nSPS) is 17.4. The fourth-order valence-corrected chi connectivity index (χ4v) is 3.91. The predicted octanol–water partition coefficient (Wildman–Crippen LogP) is 3.87. The molecule has 1 N–H and O–H groups in total. The Morgan fingerprint density at radius 3 is 2.85 bits per heavy atom. The van der Waals surface area contributed by atoms with Crippen molar-refractivity contribution in [3.63, 3.8) is 0 Å². The zero-order valence-electron chi connectivity index (χ0n) is 15.8. The Bertz CT molecular complexity index is 912. The van der Waals surface area contributed by atoms with E-state index in [4.69, 9.17) is 0 Å². The molecule has 1 aliphatic rings. The van der Waals surface area contributed by atoms with Crippen LogP contribution in [0.25, 0.3) is 11.4 Å². The van der Waals surface area contributed by atoms with Crippen LogP contribution in [0.4, 0.5) is 0 Å². The van der Waals surface area contributed by atoms with Crippen LogP contribution in [0.3, 0.4) is 0 Å². The Labute approximate surface area is 159 Å². The molecular weight excluding hydrogens is 338 g/mol. The first-order valence-corrected chi connectivity index (χ1v) is 9.56. The molecule has 2 aromatic heterocycles. The van der Waals surface area contributed by atoms with Gasteiger partial charge in [0.2, 0.25) is 0 Å². The Morgan fingerprint density at radius 1 is 1.22 bits per heavy atom. The highest BCUT2D eigenvalue weighted by Crippen LogP contribution is 2.29. The minimum absolute atomic E-state index is 0.0642. The van der Waals surface area contributed by atoms with Crippen LogP contribution in [0.1, 0.15) is 54.8 Å². The summed E-state index contributed by atoms with van der Waals surface area (Å²) in [5.41, 5.74) is 1.54. The molecule has 6 nitrogen and oxygen atoms in total. The molecule has 0 aliphatic carbocycles. The SMILES string of the molecule is CC(C)n1ccnc1C1CCCN(C(=O)c2ccccc2-c2ncc[nH]2)C1. The van der Waals surface area contributed by atoms with E-state index in [9.17, 15) is 4.79 Å². The number of H-pyrrole nitrogens is 1. The summed E-state index contributed by atoms with van der Waals surface area (Å²) in [6.45, 7) is 5.81. The summed E-state index contributed by atoms with van der Waals surface area (Å²) in [5.74, 6) is 2.15. The van der Waals surface area contributed by atoms with E-state index in [0.29, 0.717) is 18.2 Å². The van der Waals surface area contributed by atoms with Gasteiger partial charge in [0.1, 0.15) is 11.6 Å². The lowest BCUT2D eigenvalue weighted by molar-refractivity contribution is 0.0703. The molecule has 0 spiro atoms. The van der Waals surface area contributed by atoms with E-state index in [1.807, 2.05) is 41.6 Å². The highest BCUT2D eigenvalue weighted by Gasteiger charge is 2.29. The van der Waals surface area contributed by atoms with Gasteiger partial charge in [-0.05, 0) is 32.8 Å². The van der Waals surface area contributed by atoms with Crippen LogP contribution in [0, 0.1) is 0 Å². The first kappa shape index (κ1) is 17.5. The monoisotopic (exact) mass is 363 g/mol. The maximum absolute atomic E-state index is 13.3. The Morgan fingerprint density at radius 2 is 2.07 bits per heavy atom. The molecule has 0 radical (unpaired) electrons. The standard InChI is InChI=1S/C21H25N5O/c1-15(2)26-13-11-24-20(26)16-6-5-12-25(14-16)21(27)18-8-4-3-7-17(18)19-22-9-10-23-19/h3-4,7-11,13,15-16H,5-6,12,14H2,1-2H3,(H,22,23). The lowest BCUT2D eigenvalue weighted by atomic mass is 9.95. The van der Waals surface area contributed by atoms with E-state index >= 15 is 0 Å². The number of hydrogen-bond donors (Lipinski definition) is 1. The third-order valence-electron chi connectivity index (χ3n) is 5.24. The third-order valence-corrected chi connectivity index (χ3v) is 5.24. The van der Waals surface area contributed by atoms with Gasteiger partial charge in [-0.15, -0.1) is 0 Å². The van der Waals surface area contributed by atoms with E-state index in [-0.39, 0.29) is 11.8 Å². The number of nitrogens with one attached hydrogen (secondary N) is 1. The van der Waals surface area contributed by atoms with Crippen LogP contribution in [0.5, 0.6) is 0 Å². The fraction of sp³-hybridized carbons (Fsp3) is 0.381. The number of piperidine rings is 1. The molecule has 1 amide bonds. The highest BCUT2D eigenvalue weighted by atomic mass is 16.2. The number of aromatic amines is 1. The van der Waals surface area contributed by atoms with Crippen LogP contribution < -0.4 is 0 Å². The van der Waals surface area contributed by atoms with Crippen molar-refractivity contribution in [1.29, 1.82) is 0 Å². The van der Waals surface area contributed by atoms with Crippen molar-refractivity contribution in [2.75, 3.05) is 13.1 Å². The maximum Gasteiger partial charge on any atom is 0.254 e. The molecule has 1 fully saturated rings. The van der Waals surface area contributed by atoms with Gasteiger partial charge in [-0.1, -0.05) is 18.2 Å². The first-order valence-electron chi connectivity index (χ1n) is 9.56. The van der Waals surface area contributed by atoms with Gasteiger partial charge in [-0.2, -0.15) is 0 Å². The van der Waals surface area contributed by atoms with E-state index < -0.39 is 0 Å². The number of carbonyl (C=O) groups excluding carboxylic acids is 1. The molecule has 6 heteroatoms. The average molecular weight is 363 g/mol. The molecule has 1 unspecified atom stereocenters. The van der Waals surface area contributed by atoms with E-state index in [0.717, 1.165) is 36.6 Å². The lowest BCUT2D eigenvalue weighted by Crippen LogP contribution is -2.40. The lowest BCUT2D eigenvalue weighted by Gasteiger charge is -2.33. The van der Waals surface area contributed by atoms with E-state index in [1.165, 1.54) is 0 Å². The molecule has 0 saturated carbocycles. The Kier molecular flexibility index (Phi) is 4.79. The number of imidazole rings is 2. The molecule has 1 aromatic carbocycles. The smallest absolute Gasteiger partial charge is 0.254 e. The van der Waals surface area contributed by atoms with E-state index in [1.54, 1.807) is 12.4 Å². The molecule has 3 aromatic rings. The minimum atomic E-state index is 0.0642. The topological polar surface area (TPSA) is 66.8 Å². The third kappa shape index (κ3) is 3.39. The van der Waals surface area contributed by atoms with Gasteiger partial charge in [0, 0.05) is 55.4 Å². The first-order chi connectivity index (χ1) is 13.1. The van der Waals surface area contributed by atoms with Crippen molar-refractivity contribution in [2.45, 2.75) is 38.6 Å². The summed E-state index contributed by atoms with van der Waals surface area (Å²) >= 11 is 0. The molecule has 27 heavy (non-hydrogen) atoms. The summed E-state index contributed by atoms with van der Waals surface area (Å²) in [6, 6.07) is 8.05. The number of likely N-dealkylation sites (tertiary alicyclic amines) is 1. The van der Waals surface area contributed by atoms with Crippen LogP contribution in [-0.4, -0.2) is 43.4 Å². The largest absolute Gasteiger partial charge is 0.345 e. The number of nitrogens with zero attached hydrogens (tertiary/aromatic N) is 4. The van der Waals surface area contributed by atoms with Gasteiger partial charge in [0.25, 0.3) is 5.91 Å². The van der Waals surface area contributed by atoms with Gasteiger partial charge in [-0.25, -0.2) is 9.97 Å². The van der Waals surface area contributed by atoms with Gasteiger partial charge in [0.05, 0.1) is 5.56 Å². The summed E-state index contributed by atoms with van der Waals surface area (Å²) < 4.78 is 2.22. The van der Waals surface area contributed by atoms with Gasteiger partial charge < -0.3 is 14.5 Å². The second kappa shape index (κ2) is 7.39. The van der Waals surface area contributed by atoms with Crippen molar-refractivity contribution < 1.29 is 4.79 Å². The van der Waals surface area contributed by atoms with Crippen molar-refractivity contribution >= 4 is 5.91 Å². The molecular formula is C21H25N5O. The zero-order valence-corrected chi connectivity index (χ0v) is 15.8. The summed E-state index contributed by atoms with van der Waals surface area (Å²) in [7, 11) is 0. The summed E-state index contributed by atoms with van der Waals surface area (Å²) in [5, 5.41) is 0. The zero-order chi connectivity index (χ0) is 18.8. The van der Waals surface area contributed by atoms with Crippen LogP contribution in [0.2, 0.25) is 0 Å². The second-order valence-electron chi connectivity index (χ2n) is 7.36. The summed E-state index contributed by atoms with van der Waals surface area (Å²) in [6.07, 6.45) is 9.44. The number of aromatic nitrogens is 4. The van der Waals surface area contributed by atoms with Gasteiger partial charge >= 0.3 is 0 Å². The number of hydrogen-bond acceptors (Lipinski definition) is 3. The average Bonchev–Trinajstić information content (AvgIpc) is 3.39. The fourth-order valence-electron chi connectivity index (χ4n) is 3.91.